The van der Waals surface area contributed by atoms with Crippen LogP contribution in [0.15, 0.2) is 22.7 Å². The maximum atomic E-state index is 5.56. The van der Waals surface area contributed by atoms with Gasteiger partial charge in [0.25, 0.3) is 0 Å². The molecule has 2 aromatic rings. The fraction of sp³-hybridized carbons (Fsp3) is 0.222. The molecule has 0 saturated carbocycles. The average molecular weight is 269 g/mol. The summed E-state index contributed by atoms with van der Waals surface area (Å²) >= 11 is 3.38. The molecule has 0 saturated heterocycles. The first-order chi connectivity index (χ1) is 7.16. The summed E-state index contributed by atoms with van der Waals surface area (Å²) in [6.07, 6.45) is 0. The second kappa shape index (κ2) is 3.98. The lowest BCUT2D eigenvalue weighted by Gasteiger charge is -2.06. The molecule has 1 heterocycles. The van der Waals surface area contributed by atoms with Crippen molar-refractivity contribution < 1.29 is 4.74 Å². The SMILES string of the molecule is Cc1ccc(Br)cc1Oc1nnnn1C. The van der Waals surface area contributed by atoms with Crippen LogP contribution in [0.3, 0.4) is 0 Å². The van der Waals surface area contributed by atoms with Crippen molar-refractivity contribution in [2.24, 2.45) is 7.05 Å². The molecule has 0 spiro atoms. The fourth-order valence-corrected chi connectivity index (χ4v) is 1.43. The van der Waals surface area contributed by atoms with Gasteiger partial charge in [0.2, 0.25) is 0 Å². The van der Waals surface area contributed by atoms with E-state index in [0.717, 1.165) is 15.8 Å². The van der Waals surface area contributed by atoms with Gasteiger partial charge in [-0.15, -0.1) is 0 Å². The molecule has 0 fully saturated rings. The Balaban J connectivity index is 2.32. The monoisotopic (exact) mass is 268 g/mol. The van der Waals surface area contributed by atoms with E-state index in [9.17, 15) is 0 Å². The molecular formula is C9H9BrN4O. The summed E-state index contributed by atoms with van der Waals surface area (Å²) in [5.41, 5.74) is 1.03. The number of hydrogen-bond donors (Lipinski definition) is 0. The third kappa shape index (κ3) is 2.15. The van der Waals surface area contributed by atoms with E-state index in [1.807, 2.05) is 25.1 Å². The Labute approximate surface area is 95.2 Å². The molecule has 5 nitrogen and oxygen atoms in total. The van der Waals surface area contributed by atoms with Gasteiger partial charge in [-0.1, -0.05) is 27.1 Å². The minimum absolute atomic E-state index is 0.371. The first-order valence-electron chi connectivity index (χ1n) is 4.33. The quantitative estimate of drug-likeness (QED) is 0.837. The maximum absolute atomic E-state index is 5.56. The van der Waals surface area contributed by atoms with E-state index in [0.29, 0.717) is 6.01 Å². The van der Waals surface area contributed by atoms with Gasteiger partial charge in [0, 0.05) is 11.5 Å². The number of aromatic nitrogens is 4. The van der Waals surface area contributed by atoms with Crippen LogP contribution in [0.25, 0.3) is 0 Å². The molecule has 15 heavy (non-hydrogen) atoms. The first kappa shape index (κ1) is 10.1. The molecule has 6 heteroatoms. The Kier molecular flexibility index (Phi) is 2.68. The van der Waals surface area contributed by atoms with E-state index < -0.39 is 0 Å². The van der Waals surface area contributed by atoms with E-state index in [4.69, 9.17) is 4.74 Å². The average Bonchev–Trinajstić information content (AvgIpc) is 2.58. The zero-order chi connectivity index (χ0) is 10.8. The van der Waals surface area contributed by atoms with E-state index in [1.165, 1.54) is 4.68 Å². The lowest BCUT2D eigenvalue weighted by molar-refractivity contribution is 0.412. The third-order valence-corrected chi connectivity index (χ3v) is 2.43. The van der Waals surface area contributed by atoms with Gasteiger partial charge in [-0.3, -0.25) is 0 Å². The highest BCUT2D eigenvalue weighted by atomic mass is 79.9. The summed E-state index contributed by atoms with van der Waals surface area (Å²) in [7, 11) is 1.72. The molecule has 0 aliphatic rings. The van der Waals surface area contributed by atoms with Gasteiger partial charge in [-0.25, -0.2) is 0 Å². The van der Waals surface area contributed by atoms with Gasteiger partial charge < -0.3 is 4.74 Å². The lowest BCUT2D eigenvalue weighted by atomic mass is 10.2. The van der Waals surface area contributed by atoms with Crippen LogP contribution in [0.4, 0.5) is 0 Å². The molecule has 0 aliphatic heterocycles. The van der Waals surface area contributed by atoms with Crippen molar-refractivity contribution in [1.29, 1.82) is 0 Å². The highest BCUT2D eigenvalue weighted by Gasteiger charge is 2.07. The molecule has 1 aromatic heterocycles. The molecule has 0 N–H and O–H groups in total. The molecule has 78 valence electrons. The Bertz CT molecular complexity index is 483. The number of tetrazole rings is 1. The number of hydrogen-bond acceptors (Lipinski definition) is 4. The fourth-order valence-electron chi connectivity index (χ4n) is 1.09. The highest BCUT2D eigenvalue weighted by molar-refractivity contribution is 9.10. The molecule has 2 rings (SSSR count). The van der Waals surface area contributed by atoms with Crippen molar-refractivity contribution in [3.63, 3.8) is 0 Å². The number of nitrogens with zero attached hydrogens (tertiary/aromatic N) is 4. The standard InChI is InChI=1S/C9H9BrN4O/c1-6-3-4-7(10)5-8(6)15-9-11-12-13-14(9)2/h3-5H,1-2H3. The van der Waals surface area contributed by atoms with Crippen LogP contribution in [0, 0.1) is 6.92 Å². The number of aryl methyl sites for hydroxylation is 2. The molecule has 1 aromatic carbocycles. The molecule has 0 atom stereocenters. The van der Waals surface area contributed by atoms with E-state index in [-0.39, 0.29) is 0 Å². The summed E-state index contributed by atoms with van der Waals surface area (Å²) in [6.45, 7) is 1.96. The summed E-state index contributed by atoms with van der Waals surface area (Å²) < 4.78 is 7.99. The van der Waals surface area contributed by atoms with E-state index >= 15 is 0 Å². The summed E-state index contributed by atoms with van der Waals surface area (Å²) in [5.74, 6) is 0.738. The van der Waals surface area contributed by atoms with Crippen LogP contribution in [0.5, 0.6) is 11.8 Å². The van der Waals surface area contributed by atoms with Crippen molar-refractivity contribution in [1.82, 2.24) is 20.2 Å². The van der Waals surface area contributed by atoms with Crippen LogP contribution in [-0.4, -0.2) is 20.2 Å². The van der Waals surface area contributed by atoms with Crippen molar-refractivity contribution >= 4 is 15.9 Å². The van der Waals surface area contributed by atoms with Crippen molar-refractivity contribution in [2.75, 3.05) is 0 Å². The molecule has 0 unspecified atom stereocenters. The third-order valence-electron chi connectivity index (χ3n) is 1.93. The van der Waals surface area contributed by atoms with Crippen LogP contribution in [0.1, 0.15) is 5.56 Å². The first-order valence-corrected chi connectivity index (χ1v) is 5.12. The Hall–Kier alpha value is -1.43. The van der Waals surface area contributed by atoms with E-state index in [2.05, 4.69) is 31.5 Å². The van der Waals surface area contributed by atoms with E-state index in [1.54, 1.807) is 7.05 Å². The highest BCUT2D eigenvalue weighted by Crippen LogP contribution is 2.26. The van der Waals surface area contributed by atoms with Gasteiger partial charge in [-0.05, 0) is 35.0 Å². The topological polar surface area (TPSA) is 52.8 Å². The molecule has 0 bridgehead atoms. The van der Waals surface area contributed by atoms with Crippen molar-refractivity contribution in [2.45, 2.75) is 6.92 Å². The normalized spacial score (nSPS) is 10.3. The Morgan fingerprint density at radius 1 is 1.40 bits per heavy atom. The summed E-state index contributed by atoms with van der Waals surface area (Å²) in [5, 5.41) is 10.9. The van der Waals surface area contributed by atoms with Gasteiger partial charge in [0.1, 0.15) is 5.75 Å². The number of rotatable bonds is 2. The van der Waals surface area contributed by atoms with Gasteiger partial charge >= 0.3 is 6.01 Å². The number of halogens is 1. The zero-order valence-electron chi connectivity index (χ0n) is 8.31. The lowest BCUT2D eigenvalue weighted by Crippen LogP contribution is -1.97. The number of benzene rings is 1. The predicted molar refractivity (Wildman–Crippen MR) is 57.8 cm³/mol. The van der Waals surface area contributed by atoms with Gasteiger partial charge in [0.15, 0.2) is 0 Å². The Morgan fingerprint density at radius 3 is 2.87 bits per heavy atom. The smallest absolute Gasteiger partial charge is 0.340 e. The molecule has 0 aliphatic carbocycles. The van der Waals surface area contributed by atoms with Crippen LogP contribution < -0.4 is 4.74 Å². The molecular weight excluding hydrogens is 260 g/mol. The largest absolute Gasteiger partial charge is 0.423 e. The zero-order valence-corrected chi connectivity index (χ0v) is 9.89. The summed E-state index contributed by atoms with van der Waals surface area (Å²) in [4.78, 5) is 0. The second-order valence-corrected chi connectivity index (χ2v) is 4.01. The minimum atomic E-state index is 0.371. The minimum Gasteiger partial charge on any atom is -0.423 e. The van der Waals surface area contributed by atoms with Crippen LogP contribution >= 0.6 is 15.9 Å². The number of ether oxygens (including phenoxy) is 1. The predicted octanol–water partition coefficient (Wildman–Crippen LogP) is 2.07. The summed E-state index contributed by atoms with van der Waals surface area (Å²) in [6, 6.07) is 6.17. The van der Waals surface area contributed by atoms with Gasteiger partial charge in [0.05, 0.1) is 0 Å². The van der Waals surface area contributed by atoms with Crippen molar-refractivity contribution in [3.8, 4) is 11.8 Å². The molecule has 0 radical (unpaired) electrons. The van der Waals surface area contributed by atoms with Crippen LogP contribution in [-0.2, 0) is 7.05 Å². The van der Waals surface area contributed by atoms with Crippen LogP contribution in [0.2, 0.25) is 0 Å². The Morgan fingerprint density at radius 2 is 2.20 bits per heavy atom. The molecule has 0 amide bonds. The maximum Gasteiger partial charge on any atom is 0.340 e. The van der Waals surface area contributed by atoms with Gasteiger partial charge in [-0.2, -0.15) is 4.68 Å². The van der Waals surface area contributed by atoms with Crippen molar-refractivity contribution in [3.05, 3.63) is 28.2 Å². The second-order valence-electron chi connectivity index (χ2n) is 3.10.